The molecule has 0 saturated carbocycles. The second-order valence-corrected chi connectivity index (χ2v) is 7.81. The zero-order valence-corrected chi connectivity index (χ0v) is 14.4. The molecular weight excluding hydrogens is 332 g/mol. The molecule has 2 aromatic rings. The first-order valence-electron chi connectivity index (χ1n) is 7.65. The first-order chi connectivity index (χ1) is 11.3. The first-order valence-corrected chi connectivity index (χ1v) is 9.54. The van der Waals surface area contributed by atoms with Gasteiger partial charge in [-0.25, -0.2) is 13.1 Å². The quantitative estimate of drug-likeness (QED) is 0.876. The summed E-state index contributed by atoms with van der Waals surface area (Å²) >= 11 is 0. The van der Waals surface area contributed by atoms with E-state index in [0.29, 0.717) is 19.5 Å². The van der Waals surface area contributed by atoms with Gasteiger partial charge in [0, 0.05) is 30.9 Å². The fourth-order valence-electron chi connectivity index (χ4n) is 2.85. The van der Waals surface area contributed by atoms with Gasteiger partial charge in [0.2, 0.25) is 10.0 Å². The number of hydrogen-bond acceptors (Lipinski definition) is 5. The monoisotopic (exact) mass is 352 g/mol. The predicted molar refractivity (Wildman–Crippen MR) is 86.8 cm³/mol. The van der Waals surface area contributed by atoms with Crippen molar-refractivity contribution in [1.82, 2.24) is 19.4 Å². The molecule has 1 aliphatic rings. The number of nitrogens with zero attached hydrogens (tertiary/aromatic N) is 3. The molecule has 1 amide bonds. The van der Waals surface area contributed by atoms with E-state index in [0.717, 1.165) is 17.5 Å². The summed E-state index contributed by atoms with van der Waals surface area (Å²) in [7, 11) is -3.33. The molecule has 2 aromatic heterocycles. The minimum Gasteiger partial charge on any atom is -0.459 e. The maximum atomic E-state index is 12.9. The fourth-order valence-corrected chi connectivity index (χ4v) is 3.34. The number of nitrogens with one attached hydrogen (secondary N) is 1. The highest BCUT2D eigenvalue weighted by molar-refractivity contribution is 7.88. The van der Waals surface area contributed by atoms with Crippen molar-refractivity contribution in [3.8, 4) is 0 Å². The van der Waals surface area contributed by atoms with Gasteiger partial charge in [0.1, 0.15) is 0 Å². The van der Waals surface area contributed by atoms with Crippen LogP contribution < -0.4 is 4.72 Å². The zero-order chi connectivity index (χ0) is 17.3. The highest BCUT2D eigenvalue weighted by Crippen LogP contribution is 2.21. The van der Waals surface area contributed by atoms with E-state index in [2.05, 4.69) is 9.82 Å². The van der Waals surface area contributed by atoms with Crippen LogP contribution in [0.25, 0.3) is 0 Å². The summed E-state index contributed by atoms with van der Waals surface area (Å²) in [5.74, 6) is 0.0415. The number of amides is 1. The Morgan fingerprint density at radius 1 is 1.46 bits per heavy atom. The lowest BCUT2D eigenvalue weighted by Gasteiger charge is -2.29. The Balaban J connectivity index is 1.89. The molecule has 0 aliphatic carbocycles. The lowest BCUT2D eigenvalue weighted by Crippen LogP contribution is -2.46. The molecule has 8 nitrogen and oxygen atoms in total. The number of rotatable bonds is 4. The first kappa shape index (κ1) is 16.7. The average molecular weight is 352 g/mol. The van der Waals surface area contributed by atoms with Crippen LogP contribution >= 0.6 is 0 Å². The molecule has 1 aliphatic heterocycles. The Labute approximate surface area is 140 Å². The highest BCUT2D eigenvalue weighted by Gasteiger charge is 2.31. The second kappa shape index (κ2) is 6.40. The van der Waals surface area contributed by atoms with E-state index in [9.17, 15) is 13.2 Å². The van der Waals surface area contributed by atoms with Crippen LogP contribution in [0.2, 0.25) is 0 Å². The standard InChI is InChI=1S/C15H20N4O4S/c1-11-5-8-23-14(11)15(20)18-10-13-3-6-16-19(13)7-4-12(18)9-17-24(2,21)22/h3,5-6,8,12,17H,4,7,9-10H2,1-2H3/t12-/m1/s1. The number of hydrogen-bond donors (Lipinski definition) is 1. The van der Waals surface area contributed by atoms with Gasteiger partial charge in [-0.1, -0.05) is 0 Å². The summed E-state index contributed by atoms with van der Waals surface area (Å²) in [4.78, 5) is 14.6. The molecule has 0 aromatic carbocycles. The van der Waals surface area contributed by atoms with Gasteiger partial charge in [0.15, 0.2) is 5.76 Å². The van der Waals surface area contributed by atoms with E-state index in [4.69, 9.17) is 4.42 Å². The van der Waals surface area contributed by atoms with Crippen molar-refractivity contribution in [2.24, 2.45) is 0 Å². The van der Waals surface area contributed by atoms with Crippen LogP contribution in [0.3, 0.4) is 0 Å². The van der Waals surface area contributed by atoms with Crippen LogP contribution in [-0.2, 0) is 23.1 Å². The fraction of sp³-hybridized carbons (Fsp3) is 0.467. The molecule has 130 valence electrons. The summed E-state index contributed by atoms with van der Waals surface area (Å²) in [6, 6.07) is 3.32. The van der Waals surface area contributed by atoms with Crippen LogP contribution in [0.1, 0.15) is 28.2 Å². The van der Waals surface area contributed by atoms with Gasteiger partial charge < -0.3 is 9.32 Å². The van der Waals surface area contributed by atoms with Gasteiger partial charge in [0.05, 0.1) is 24.8 Å². The van der Waals surface area contributed by atoms with E-state index >= 15 is 0 Å². The van der Waals surface area contributed by atoms with Crippen molar-refractivity contribution in [1.29, 1.82) is 0 Å². The van der Waals surface area contributed by atoms with Crippen molar-refractivity contribution in [3.63, 3.8) is 0 Å². The molecule has 3 rings (SSSR count). The molecule has 0 unspecified atom stereocenters. The van der Waals surface area contributed by atoms with Crippen LogP contribution in [0.4, 0.5) is 0 Å². The molecule has 9 heteroatoms. The normalized spacial score (nSPS) is 18.2. The van der Waals surface area contributed by atoms with E-state index < -0.39 is 10.0 Å². The highest BCUT2D eigenvalue weighted by atomic mass is 32.2. The molecule has 0 spiro atoms. The Morgan fingerprint density at radius 3 is 2.92 bits per heavy atom. The van der Waals surface area contributed by atoms with Crippen molar-refractivity contribution >= 4 is 15.9 Å². The molecule has 0 radical (unpaired) electrons. The molecule has 1 atom stereocenters. The Bertz CT molecular complexity index is 839. The van der Waals surface area contributed by atoms with E-state index in [1.807, 2.05) is 17.7 Å². The van der Waals surface area contributed by atoms with Gasteiger partial charge in [0.25, 0.3) is 5.91 Å². The summed E-state index contributed by atoms with van der Waals surface area (Å²) in [6.07, 6.45) is 4.89. The molecule has 0 fully saturated rings. The lowest BCUT2D eigenvalue weighted by atomic mass is 10.1. The summed E-state index contributed by atoms with van der Waals surface area (Å²) in [6.45, 7) is 2.95. The average Bonchev–Trinajstić information content (AvgIpc) is 3.09. The van der Waals surface area contributed by atoms with Gasteiger partial charge in [-0.3, -0.25) is 9.48 Å². The van der Waals surface area contributed by atoms with Crippen molar-refractivity contribution in [2.75, 3.05) is 12.8 Å². The van der Waals surface area contributed by atoms with Gasteiger partial charge in [-0.05, 0) is 25.5 Å². The van der Waals surface area contributed by atoms with Gasteiger partial charge in [-0.2, -0.15) is 5.10 Å². The molecule has 0 saturated heterocycles. The van der Waals surface area contributed by atoms with Crippen molar-refractivity contribution < 1.29 is 17.6 Å². The third-order valence-corrected chi connectivity index (χ3v) is 4.84. The van der Waals surface area contributed by atoms with E-state index in [1.165, 1.54) is 6.26 Å². The molecule has 1 N–H and O–H groups in total. The minimum absolute atomic E-state index is 0.162. The molecule has 3 heterocycles. The van der Waals surface area contributed by atoms with Crippen LogP contribution in [-0.4, -0.2) is 47.8 Å². The summed E-state index contributed by atoms with van der Waals surface area (Å²) in [5, 5.41) is 4.25. The minimum atomic E-state index is -3.33. The number of carbonyl (C=O) groups is 1. The van der Waals surface area contributed by atoms with Gasteiger partial charge in [-0.15, -0.1) is 0 Å². The summed E-state index contributed by atoms with van der Waals surface area (Å²) in [5.41, 5.74) is 1.67. The molecule has 0 bridgehead atoms. The number of carbonyl (C=O) groups excluding carboxylic acids is 1. The van der Waals surface area contributed by atoms with Crippen molar-refractivity contribution in [3.05, 3.63) is 41.6 Å². The zero-order valence-electron chi connectivity index (χ0n) is 13.6. The van der Waals surface area contributed by atoms with Crippen LogP contribution in [0.5, 0.6) is 0 Å². The number of aromatic nitrogens is 2. The second-order valence-electron chi connectivity index (χ2n) is 5.97. The molecule has 24 heavy (non-hydrogen) atoms. The largest absolute Gasteiger partial charge is 0.459 e. The van der Waals surface area contributed by atoms with E-state index in [-0.39, 0.29) is 24.3 Å². The number of sulfonamides is 1. The SMILES string of the molecule is Cc1ccoc1C(=O)N1Cc2ccnn2CC[C@@H]1CNS(C)(=O)=O. The number of furan rings is 1. The summed E-state index contributed by atoms with van der Waals surface area (Å²) < 4.78 is 32.5. The topological polar surface area (TPSA) is 97.4 Å². The smallest absolute Gasteiger partial charge is 0.290 e. The van der Waals surface area contributed by atoms with Crippen LogP contribution in [0, 0.1) is 6.92 Å². The number of fused-ring (bicyclic) bond motifs is 1. The van der Waals surface area contributed by atoms with E-state index in [1.54, 1.807) is 17.2 Å². The Morgan fingerprint density at radius 2 is 2.25 bits per heavy atom. The third kappa shape index (κ3) is 3.51. The van der Waals surface area contributed by atoms with Gasteiger partial charge >= 0.3 is 0 Å². The maximum absolute atomic E-state index is 12.9. The number of aryl methyl sites for hydroxylation is 2. The maximum Gasteiger partial charge on any atom is 0.290 e. The predicted octanol–water partition coefficient (Wildman–Crippen LogP) is 0.748. The Hall–Kier alpha value is -2.13. The van der Waals surface area contributed by atoms with Crippen LogP contribution in [0.15, 0.2) is 29.0 Å². The Kier molecular flexibility index (Phi) is 4.46. The van der Waals surface area contributed by atoms with Crippen molar-refractivity contribution in [2.45, 2.75) is 32.5 Å². The lowest BCUT2D eigenvalue weighted by molar-refractivity contribution is 0.0628. The molecular formula is C15H20N4O4S. The third-order valence-electron chi connectivity index (χ3n) is 4.15.